The van der Waals surface area contributed by atoms with Crippen molar-refractivity contribution in [1.29, 1.82) is 0 Å². The molecule has 1 saturated carbocycles. The fourth-order valence-electron chi connectivity index (χ4n) is 4.20. The topological polar surface area (TPSA) is 37.4 Å². The lowest BCUT2D eigenvalue weighted by atomic mass is 10.1. The van der Waals surface area contributed by atoms with E-state index in [4.69, 9.17) is 4.74 Å². The molecule has 1 aliphatic carbocycles. The van der Waals surface area contributed by atoms with Crippen LogP contribution in [0.25, 0.3) is 10.9 Å². The SMILES string of the molecule is c1ccc2c(N[C@@H]3C[C@H]4CO[C@@H](C5CC5)CN4C3)ccnc2c1. The van der Waals surface area contributed by atoms with Crippen LogP contribution in [0.15, 0.2) is 36.5 Å². The number of nitrogens with zero attached hydrogens (tertiary/aromatic N) is 2. The number of anilines is 1. The summed E-state index contributed by atoms with van der Waals surface area (Å²) in [7, 11) is 0. The third kappa shape index (κ3) is 2.60. The number of para-hydroxylation sites is 1. The Bertz CT molecular complexity index is 709. The van der Waals surface area contributed by atoms with Gasteiger partial charge in [-0.15, -0.1) is 0 Å². The monoisotopic (exact) mass is 309 g/mol. The zero-order valence-electron chi connectivity index (χ0n) is 13.3. The van der Waals surface area contributed by atoms with E-state index >= 15 is 0 Å². The van der Waals surface area contributed by atoms with Crippen LogP contribution in [0.2, 0.25) is 0 Å². The molecule has 2 saturated heterocycles. The maximum atomic E-state index is 6.11. The van der Waals surface area contributed by atoms with Crippen molar-refractivity contribution in [1.82, 2.24) is 9.88 Å². The fraction of sp³-hybridized carbons (Fsp3) is 0.526. The van der Waals surface area contributed by atoms with Gasteiger partial charge >= 0.3 is 0 Å². The molecule has 3 fully saturated rings. The van der Waals surface area contributed by atoms with Crippen molar-refractivity contribution >= 4 is 16.6 Å². The summed E-state index contributed by atoms with van der Waals surface area (Å²) in [5.41, 5.74) is 2.27. The Kier molecular flexibility index (Phi) is 3.27. The first-order valence-electron chi connectivity index (χ1n) is 8.83. The van der Waals surface area contributed by atoms with Crippen LogP contribution < -0.4 is 5.32 Å². The summed E-state index contributed by atoms with van der Waals surface area (Å²) in [4.78, 5) is 7.10. The Morgan fingerprint density at radius 1 is 1.13 bits per heavy atom. The largest absolute Gasteiger partial charge is 0.380 e. The highest BCUT2D eigenvalue weighted by Crippen LogP contribution is 2.38. The quantitative estimate of drug-likeness (QED) is 0.946. The molecule has 0 bridgehead atoms. The number of morpholine rings is 1. The first kappa shape index (κ1) is 13.8. The minimum Gasteiger partial charge on any atom is -0.380 e. The molecule has 3 aliphatic rings. The average Bonchev–Trinajstić information content (AvgIpc) is 3.35. The number of pyridine rings is 1. The molecule has 5 rings (SSSR count). The summed E-state index contributed by atoms with van der Waals surface area (Å²) in [5, 5.41) is 4.98. The molecule has 4 heteroatoms. The summed E-state index contributed by atoms with van der Waals surface area (Å²) in [6, 6.07) is 11.6. The standard InChI is InChI=1S/C19H23N3O/c1-2-4-17-16(3-1)18(7-8-20-17)21-14-9-15-12-23-19(13-5-6-13)11-22(15)10-14/h1-4,7-8,13-15,19H,5-6,9-12H2,(H,20,21)/t14-,15+,19-/m1/s1. The Balaban J connectivity index is 1.31. The number of rotatable bonds is 3. The van der Waals surface area contributed by atoms with Crippen LogP contribution in [-0.2, 0) is 4.74 Å². The number of benzene rings is 1. The smallest absolute Gasteiger partial charge is 0.0731 e. The van der Waals surface area contributed by atoms with Crippen LogP contribution in [0.4, 0.5) is 5.69 Å². The molecule has 0 radical (unpaired) electrons. The van der Waals surface area contributed by atoms with Crippen molar-refractivity contribution in [2.24, 2.45) is 5.92 Å². The minimum atomic E-state index is 0.492. The Morgan fingerprint density at radius 3 is 2.96 bits per heavy atom. The molecular formula is C19H23N3O. The summed E-state index contributed by atoms with van der Waals surface area (Å²) in [6.45, 7) is 3.18. The van der Waals surface area contributed by atoms with E-state index < -0.39 is 0 Å². The van der Waals surface area contributed by atoms with Crippen molar-refractivity contribution < 1.29 is 4.74 Å². The van der Waals surface area contributed by atoms with Gasteiger partial charge in [0.15, 0.2) is 0 Å². The van der Waals surface area contributed by atoms with Crippen molar-refractivity contribution in [3.63, 3.8) is 0 Å². The van der Waals surface area contributed by atoms with E-state index in [9.17, 15) is 0 Å². The highest BCUT2D eigenvalue weighted by molar-refractivity contribution is 5.90. The molecule has 120 valence electrons. The molecule has 0 amide bonds. The molecule has 3 atom stereocenters. The van der Waals surface area contributed by atoms with E-state index in [1.54, 1.807) is 0 Å². The second kappa shape index (κ2) is 5.46. The molecule has 23 heavy (non-hydrogen) atoms. The number of hydrogen-bond acceptors (Lipinski definition) is 4. The molecule has 1 N–H and O–H groups in total. The summed E-state index contributed by atoms with van der Waals surface area (Å²) in [5.74, 6) is 0.840. The van der Waals surface area contributed by atoms with E-state index in [1.165, 1.54) is 30.3 Å². The van der Waals surface area contributed by atoms with Gasteiger partial charge in [0.1, 0.15) is 0 Å². The molecular weight excluding hydrogens is 286 g/mol. The van der Waals surface area contributed by atoms with Crippen LogP contribution >= 0.6 is 0 Å². The number of nitrogens with one attached hydrogen (secondary N) is 1. The summed E-state index contributed by atoms with van der Waals surface area (Å²) < 4.78 is 6.11. The molecule has 3 heterocycles. The highest BCUT2D eigenvalue weighted by Gasteiger charge is 2.42. The first-order valence-corrected chi connectivity index (χ1v) is 8.83. The van der Waals surface area contributed by atoms with E-state index in [0.29, 0.717) is 18.2 Å². The van der Waals surface area contributed by atoms with Crippen molar-refractivity contribution in [3.8, 4) is 0 Å². The maximum absolute atomic E-state index is 6.11. The normalized spacial score (nSPS) is 31.2. The Labute approximate surface area is 136 Å². The van der Waals surface area contributed by atoms with Crippen molar-refractivity contribution in [2.75, 3.05) is 25.0 Å². The lowest BCUT2D eigenvalue weighted by Crippen LogP contribution is -2.47. The van der Waals surface area contributed by atoms with Crippen LogP contribution in [0.1, 0.15) is 19.3 Å². The van der Waals surface area contributed by atoms with Gasteiger partial charge in [-0.3, -0.25) is 9.88 Å². The summed E-state index contributed by atoms with van der Waals surface area (Å²) in [6.07, 6.45) is 6.31. The zero-order valence-corrected chi connectivity index (χ0v) is 13.3. The molecule has 2 aliphatic heterocycles. The second-order valence-electron chi connectivity index (χ2n) is 7.27. The first-order chi connectivity index (χ1) is 11.4. The predicted molar refractivity (Wildman–Crippen MR) is 91.6 cm³/mol. The van der Waals surface area contributed by atoms with E-state index in [1.807, 2.05) is 12.3 Å². The molecule has 1 aromatic carbocycles. The van der Waals surface area contributed by atoms with Gasteiger partial charge in [0.2, 0.25) is 0 Å². The van der Waals surface area contributed by atoms with Crippen LogP contribution in [0.3, 0.4) is 0 Å². The van der Waals surface area contributed by atoms with Crippen molar-refractivity contribution in [2.45, 2.75) is 37.5 Å². The van der Waals surface area contributed by atoms with Gasteiger partial charge in [-0.05, 0) is 37.3 Å². The van der Waals surface area contributed by atoms with Gasteiger partial charge in [-0.1, -0.05) is 18.2 Å². The van der Waals surface area contributed by atoms with Gasteiger partial charge in [-0.2, -0.15) is 0 Å². The average molecular weight is 309 g/mol. The number of fused-ring (bicyclic) bond motifs is 2. The molecule has 1 aromatic heterocycles. The van der Waals surface area contributed by atoms with Crippen LogP contribution in [0.5, 0.6) is 0 Å². The molecule has 0 spiro atoms. The van der Waals surface area contributed by atoms with Crippen molar-refractivity contribution in [3.05, 3.63) is 36.5 Å². The van der Waals surface area contributed by atoms with Gasteiger partial charge in [-0.25, -0.2) is 0 Å². The second-order valence-corrected chi connectivity index (χ2v) is 7.27. The lowest BCUT2D eigenvalue weighted by Gasteiger charge is -2.35. The number of aromatic nitrogens is 1. The summed E-state index contributed by atoms with van der Waals surface area (Å²) >= 11 is 0. The van der Waals surface area contributed by atoms with Gasteiger partial charge < -0.3 is 10.1 Å². The number of ether oxygens (including phenoxy) is 1. The van der Waals surface area contributed by atoms with Gasteiger partial charge in [0.05, 0.1) is 18.2 Å². The van der Waals surface area contributed by atoms with Crippen LogP contribution in [-0.4, -0.2) is 47.8 Å². The number of hydrogen-bond donors (Lipinski definition) is 1. The highest BCUT2D eigenvalue weighted by atomic mass is 16.5. The fourth-order valence-corrected chi connectivity index (χ4v) is 4.20. The molecule has 2 aromatic rings. The Morgan fingerprint density at radius 2 is 2.04 bits per heavy atom. The third-order valence-electron chi connectivity index (χ3n) is 5.60. The molecule has 4 nitrogen and oxygen atoms in total. The van der Waals surface area contributed by atoms with E-state index in [-0.39, 0.29) is 0 Å². The molecule has 0 unspecified atom stereocenters. The lowest BCUT2D eigenvalue weighted by molar-refractivity contribution is -0.0581. The zero-order chi connectivity index (χ0) is 15.2. The van der Waals surface area contributed by atoms with E-state index in [0.717, 1.165) is 31.1 Å². The predicted octanol–water partition coefficient (Wildman–Crippen LogP) is 2.90. The minimum absolute atomic E-state index is 0.492. The van der Waals surface area contributed by atoms with Gasteiger partial charge in [0, 0.05) is 42.4 Å². The van der Waals surface area contributed by atoms with Gasteiger partial charge in [0.25, 0.3) is 0 Å². The maximum Gasteiger partial charge on any atom is 0.0731 e. The van der Waals surface area contributed by atoms with E-state index in [2.05, 4.69) is 39.5 Å². The third-order valence-corrected chi connectivity index (χ3v) is 5.60. The Hall–Kier alpha value is -1.65. The van der Waals surface area contributed by atoms with Crippen LogP contribution in [0, 0.1) is 5.92 Å².